The molecule has 0 radical (unpaired) electrons. The molecule has 0 bridgehead atoms. The number of hydrogen-bond acceptors (Lipinski definition) is 2. The van der Waals surface area contributed by atoms with Gasteiger partial charge in [0.25, 0.3) is 0 Å². The Balaban J connectivity index is 2.45. The molecule has 0 fully saturated rings. The van der Waals surface area contributed by atoms with Crippen LogP contribution in [0.1, 0.15) is 37.6 Å². The molecule has 0 spiro atoms. The van der Waals surface area contributed by atoms with Crippen molar-refractivity contribution in [3.8, 4) is 0 Å². The third kappa shape index (κ3) is 3.02. The van der Waals surface area contributed by atoms with Gasteiger partial charge in [-0.2, -0.15) is 0 Å². The van der Waals surface area contributed by atoms with Crippen molar-refractivity contribution >= 4 is 10.9 Å². The van der Waals surface area contributed by atoms with Crippen molar-refractivity contribution in [2.24, 2.45) is 0 Å². The molecule has 2 rings (SSSR count). The SMILES string of the molecule is C=C(C)C(NCCC)c1cc(C)c2ccccc2n1. The van der Waals surface area contributed by atoms with Crippen molar-refractivity contribution in [1.82, 2.24) is 10.3 Å². The fourth-order valence-corrected chi connectivity index (χ4v) is 2.34. The third-order valence-corrected chi connectivity index (χ3v) is 3.33. The number of pyridine rings is 1. The number of benzene rings is 1. The second-order valence-electron chi connectivity index (χ2n) is 5.11. The van der Waals surface area contributed by atoms with Gasteiger partial charge in [-0.05, 0) is 44.5 Å². The van der Waals surface area contributed by atoms with E-state index in [9.17, 15) is 0 Å². The van der Waals surface area contributed by atoms with Crippen LogP contribution < -0.4 is 5.32 Å². The van der Waals surface area contributed by atoms with E-state index in [0.717, 1.165) is 29.7 Å². The molecule has 1 unspecified atom stereocenters. The first-order chi connectivity index (χ1) is 9.13. The minimum atomic E-state index is 0.142. The van der Waals surface area contributed by atoms with Crippen molar-refractivity contribution in [1.29, 1.82) is 0 Å². The zero-order valence-electron chi connectivity index (χ0n) is 12.0. The Morgan fingerprint density at radius 3 is 2.79 bits per heavy atom. The van der Waals surface area contributed by atoms with Gasteiger partial charge in [-0.25, -0.2) is 0 Å². The molecule has 1 aromatic heterocycles. The molecule has 2 aromatic rings. The van der Waals surface area contributed by atoms with Crippen molar-refractivity contribution in [2.45, 2.75) is 33.2 Å². The monoisotopic (exact) mass is 254 g/mol. The minimum Gasteiger partial charge on any atom is -0.305 e. The van der Waals surface area contributed by atoms with E-state index >= 15 is 0 Å². The summed E-state index contributed by atoms with van der Waals surface area (Å²) in [6.45, 7) is 11.4. The molecule has 2 heteroatoms. The van der Waals surface area contributed by atoms with Crippen molar-refractivity contribution < 1.29 is 0 Å². The molecule has 0 aliphatic carbocycles. The van der Waals surface area contributed by atoms with Crippen LogP contribution in [-0.2, 0) is 0 Å². The highest BCUT2D eigenvalue weighted by Crippen LogP contribution is 2.24. The average Bonchev–Trinajstić information content (AvgIpc) is 2.39. The van der Waals surface area contributed by atoms with Crippen LogP contribution in [0.15, 0.2) is 42.5 Å². The Labute approximate surface area is 115 Å². The maximum absolute atomic E-state index is 4.79. The van der Waals surface area contributed by atoms with Crippen LogP contribution in [-0.4, -0.2) is 11.5 Å². The van der Waals surface area contributed by atoms with Crippen LogP contribution >= 0.6 is 0 Å². The van der Waals surface area contributed by atoms with E-state index in [1.54, 1.807) is 0 Å². The molecule has 1 aromatic carbocycles. The summed E-state index contributed by atoms with van der Waals surface area (Å²) in [5.74, 6) is 0. The lowest BCUT2D eigenvalue weighted by Gasteiger charge is -2.19. The zero-order valence-corrected chi connectivity index (χ0v) is 12.0. The fourth-order valence-electron chi connectivity index (χ4n) is 2.34. The average molecular weight is 254 g/mol. The minimum absolute atomic E-state index is 0.142. The number of para-hydroxylation sites is 1. The molecular formula is C17H22N2. The summed E-state index contributed by atoms with van der Waals surface area (Å²) < 4.78 is 0. The van der Waals surface area contributed by atoms with E-state index in [0.29, 0.717) is 0 Å². The Morgan fingerprint density at radius 1 is 1.37 bits per heavy atom. The standard InChI is InChI=1S/C17H22N2/c1-5-10-18-17(12(2)3)16-11-13(4)14-8-6-7-9-15(14)19-16/h6-9,11,17-18H,2,5,10H2,1,3-4H3. The molecule has 100 valence electrons. The molecule has 1 N–H and O–H groups in total. The summed E-state index contributed by atoms with van der Waals surface area (Å²) in [6, 6.07) is 10.6. The van der Waals surface area contributed by atoms with Gasteiger partial charge in [-0.1, -0.05) is 37.3 Å². The second-order valence-corrected chi connectivity index (χ2v) is 5.11. The summed E-state index contributed by atoms with van der Waals surface area (Å²) in [5.41, 5.74) is 4.50. The Kier molecular flexibility index (Phi) is 4.33. The molecule has 0 amide bonds. The van der Waals surface area contributed by atoms with E-state index in [1.165, 1.54) is 10.9 Å². The van der Waals surface area contributed by atoms with Gasteiger partial charge in [-0.3, -0.25) is 4.98 Å². The van der Waals surface area contributed by atoms with Crippen molar-refractivity contribution in [2.75, 3.05) is 6.54 Å². The van der Waals surface area contributed by atoms with Crippen LogP contribution in [0.2, 0.25) is 0 Å². The van der Waals surface area contributed by atoms with Crippen LogP contribution in [0.5, 0.6) is 0 Å². The van der Waals surface area contributed by atoms with Gasteiger partial charge in [-0.15, -0.1) is 0 Å². The van der Waals surface area contributed by atoms with Gasteiger partial charge in [0.05, 0.1) is 17.3 Å². The van der Waals surface area contributed by atoms with Gasteiger partial charge in [0.2, 0.25) is 0 Å². The van der Waals surface area contributed by atoms with Crippen molar-refractivity contribution in [3.05, 3.63) is 53.7 Å². The Morgan fingerprint density at radius 2 is 2.11 bits per heavy atom. The number of fused-ring (bicyclic) bond motifs is 1. The first-order valence-corrected chi connectivity index (χ1v) is 6.88. The molecular weight excluding hydrogens is 232 g/mol. The molecule has 2 nitrogen and oxygen atoms in total. The van der Waals surface area contributed by atoms with Crippen LogP contribution in [0.3, 0.4) is 0 Å². The lowest BCUT2D eigenvalue weighted by Crippen LogP contribution is -2.23. The summed E-state index contributed by atoms with van der Waals surface area (Å²) >= 11 is 0. The Bertz CT molecular complexity index is 587. The summed E-state index contributed by atoms with van der Waals surface area (Å²) in [4.78, 5) is 4.79. The molecule has 0 aliphatic rings. The first-order valence-electron chi connectivity index (χ1n) is 6.88. The van der Waals surface area contributed by atoms with Gasteiger partial charge in [0, 0.05) is 5.39 Å². The van der Waals surface area contributed by atoms with E-state index in [1.807, 2.05) is 6.07 Å². The maximum Gasteiger partial charge on any atom is 0.0708 e. The smallest absolute Gasteiger partial charge is 0.0708 e. The normalized spacial score (nSPS) is 12.6. The number of nitrogens with zero attached hydrogens (tertiary/aromatic N) is 1. The van der Waals surface area contributed by atoms with Gasteiger partial charge >= 0.3 is 0 Å². The van der Waals surface area contributed by atoms with Crippen LogP contribution in [0.25, 0.3) is 10.9 Å². The number of rotatable bonds is 5. The third-order valence-electron chi connectivity index (χ3n) is 3.33. The highest BCUT2D eigenvalue weighted by atomic mass is 14.9. The summed E-state index contributed by atoms with van der Waals surface area (Å²) in [6.07, 6.45) is 1.11. The van der Waals surface area contributed by atoms with E-state index < -0.39 is 0 Å². The lowest BCUT2D eigenvalue weighted by molar-refractivity contribution is 0.580. The Hall–Kier alpha value is -1.67. The van der Waals surface area contributed by atoms with Crippen molar-refractivity contribution in [3.63, 3.8) is 0 Å². The van der Waals surface area contributed by atoms with Crippen LogP contribution in [0, 0.1) is 6.92 Å². The number of aromatic nitrogens is 1. The predicted octanol–water partition coefficient (Wildman–Crippen LogP) is 4.16. The molecule has 1 atom stereocenters. The molecule has 19 heavy (non-hydrogen) atoms. The number of aryl methyl sites for hydroxylation is 1. The second kappa shape index (κ2) is 5.98. The van der Waals surface area contributed by atoms with E-state index in [-0.39, 0.29) is 6.04 Å². The van der Waals surface area contributed by atoms with Gasteiger partial charge in [0.15, 0.2) is 0 Å². The molecule has 1 heterocycles. The van der Waals surface area contributed by atoms with Gasteiger partial charge < -0.3 is 5.32 Å². The summed E-state index contributed by atoms with van der Waals surface area (Å²) in [5, 5.41) is 4.74. The number of hydrogen-bond donors (Lipinski definition) is 1. The quantitative estimate of drug-likeness (QED) is 0.810. The highest BCUT2D eigenvalue weighted by Gasteiger charge is 2.14. The largest absolute Gasteiger partial charge is 0.305 e. The fraction of sp³-hybridized carbons (Fsp3) is 0.353. The predicted molar refractivity (Wildman–Crippen MR) is 82.3 cm³/mol. The van der Waals surface area contributed by atoms with E-state index in [2.05, 4.69) is 56.9 Å². The first kappa shape index (κ1) is 13.8. The lowest BCUT2D eigenvalue weighted by atomic mass is 10.0. The maximum atomic E-state index is 4.79. The summed E-state index contributed by atoms with van der Waals surface area (Å²) in [7, 11) is 0. The zero-order chi connectivity index (χ0) is 13.8. The topological polar surface area (TPSA) is 24.9 Å². The van der Waals surface area contributed by atoms with Crippen LogP contribution in [0.4, 0.5) is 0 Å². The molecule has 0 saturated carbocycles. The highest BCUT2D eigenvalue weighted by molar-refractivity contribution is 5.82. The number of nitrogens with one attached hydrogen (secondary N) is 1. The van der Waals surface area contributed by atoms with Gasteiger partial charge in [0.1, 0.15) is 0 Å². The molecule has 0 saturated heterocycles. The van der Waals surface area contributed by atoms with E-state index in [4.69, 9.17) is 4.98 Å². The molecule has 0 aliphatic heterocycles.